The number of ether oxygens (including phenoxy) is 1. The number of carbonyl (C=O) groups excluding carboxylic acids is 1. The number of halogens is 3. The number of aromatic nitrogens is 2. The van der Waals surface area contributed by atoms with Gasteiger partial charge in [-0.3, -0.25) is 9.78 Å². The molecular weight excluding hydrogens is 519 g/mol. The first kappa shape index (κ1) is 23.5. The largest absolute Gasteiger partial charge is 0.489 e. The molecule has 0 aliphatic heterocycles. The molecule has 2 saturated carbocycles. The van der Waals surface area contributed by atoms with Gasteiger partial charge in [-0.05, 0) is 72.6 Å². The summed E-state index contributed by atoms with van der Waals surface area (Å²) in [4.78, 5) is 15.0. The van der Waals surface area contributed by atoms with Crippen molar-refractivity contribution >= 4 is 41.1 Å². The topological polar surface area (TPSA) is 65.2 Å². The molecule has 0 radical (unpaired) electrons. The molecule has 36 heavy (non-hydrogen) atoms. The first-order valence-electron chi connectivity index (χ1n) is 11.8. The third-order valence-corrected chi connectivity index (χ3v) is 7.83. The number of aldehydes is 1. The predicted molar refractivity (Wildman–Crippen MR) is 139 cm³/mol. The second-order valence-corrected chi connectivity index (χ2v) is 10.5. The molecule has 8 heteroatoms. The van der Waals surface area contributed by atoms with Gasteiger partial charge in [-0.15, -0.1) is 0 Å². The number of benzene rings is 2. The Bertz CT molecular complexity index is 1430. The second kappa shape index (κ2) is 9.55. The highest BCUT2D eigenvalue weighted by molar-refractivity contribution is 6.39. The molecule has 2 aromatic carbocycles. The minimum Gasteiger partial charge on any atom is -0.489 e. The molecule has 182 valence electrons. The molecule has 2 unspecified atom stereocenters. The highest BCUT2D eigenvalue weighted by Crippen LogP contribution is 2.56. The van der Waals surface area contributed by atoms with Gasteiger partial charge in [0.05, 0.1) is 15.6 Å². The summed E-state index contributed by atoms with van der Waals surface area (Å²) < 4.78 is 11.9. The van der Waals surface area contributed by atoms with Gasteiger partial charge in [-0.2, -0.15) is 0 Å². The highest BCUT2D eigenvalue weighted by atomic mass is 35.5. The van der Waals surface area contributed by atoms with Crippen LogP contribution in [0.25, 0.3) is 11.3 Å². The first-order valence-corrected chi connectivity index (χ1v) is 12.9. The molecule has 0 spiro atoms. The van der Waals surface area contributed by atoms with Crippen molar-refractivity contribution in [3.8, 4) is 17.0 Å². The Morgan fingerprint density at radius 3 is 2.47 bits per heavy atom. The minimum atomic E-state index is 0.267. The van der Waals surface area contributed by atoms with E-state index in [0.717, 1.165) is 48.0 Å². The predicted octanol–water partition coefficient (Wildman–Crippen LogP) is 8.24. The monoisotopic (exact) mass is 538 g/mol. The fraction of sp³-hybridized carbons (Fsp3) is 0.250. The summed E-state index contributed by atoms with van der Waals surface area (Å²) in [5.41, 5.74) is 4.77. The Kier molecular flexibility index (Phi) is 6.24. The van der Waals surface area contributed by atoms with Gasteiger partial charge in [0, 0.05) is 22.7 Å². The van der Waals surface area contributed by atoms with Gasteiger partial charge in [-0.1, -0.05) is 58.2 Å². The molecular formula is C28H21Cl3N2O3. The zero-order valence-electron chi connectivity index (χ0n) is 19.1. The van der Waals surface area contributed by atoms with Crippen molar-refractivity contribution in [1.29, 1.82) is 0 Å². The van der Waals surface area contributed by atoms with E-state index in [1.165, 1.54) is 0 Å². The summed E-state index contributed by atoms with van der Waals surface area (Å²) in [6.07, 6.45) is 5.65. The van der Waals surface area contributed by atoms with Crippen molar-refractivity contribution in [2.75, 3.05) is 0 Å². The van der Waals surface area contributed by atoms with Gasteiger partial charge in [0.15, 0.2) is 6.29 Å². The summed E-state index contributed by atoms with van der Waals surface area (Å²) in [6, 6.07) is 14.9. The van der Waals surface area contributed by atoms with E-state index in [1.807, 2.05) is 24.3 Å². The fourth-order valence-corrected chi connectivity index (χ4v) is 5.60. The Morgan fingerprint density at radius 1 is 1.00 bits per heavy atom. The summed E-state index contributed by atoms with van der Waals surface area (Å²) in [5, 5.41) is 6.02. The molecule has 2 aliphatic rings. The molecule has 6 rings (SSSR count). The maximum absolute atomic E-state index is 10.9. The zero-order chi connectivity index (χ0) is 24.8. The van der Waals surface area contributed by atoms with Crippen molar-refractivity contribution in [3.05, 3.63) is 97.9 Å². The molecule has 4 aromatic rings. The van der Waals surface area contributed by atoms with Crippen molar-refractivity contribution in [3.63, 3.8) is 0 Å². The molecule has 2 heterocycles. The Labute approximate surface area is 223 Å². The van der Waals surface area contributed by atoms with E-state index in [2.05, 4.69) is 10.1 Å². The normalized spacial score (nSPS) is 18.8. The van der Waals surface area contributed by atoms with Crippen LogP contribution >= 0.6 is 34.8 Å². The van der Waals surface area contributed by atoms with Crippen LogP contribution in [0.1, 0.15) is 70.0 Å². The lowest BCUT2D eigenvalue weighted by molar-refractivity contribution is 0.111. The van der Waals surface area contributed by atoms with Gasteiger partial charge < -0.3 is 9.26 Å². The van der Waals surface area contributed by atoms with Crippen molar-refractivity contribution in [2.45, 2.75) is 43.6 Å². The third kappa shape index (κ3) is 4.52. The molecule has 2 aromatic heterocycles. The molecule has 2 fully saturated rings. The van der Waals surface area contributed by atoms with Crippen LogP contribution in [0.4, 0.5) is 0 Å². The van der Waals surface area contributed by atoms with Crippen LogP contribution in [0.15, 0.2) is 59.3 Å². The quantitative estimate of drug-likeness (QED) is 0.211. The van der Waals surface area contributed by atoms with Gasteiger partial charge in [0.2, 0.25) is 0 Å². The van der Waals surface area contributed by atoms with Gasteiger partial charge in [0.25, 0.3) is 0 Å². The molecule has 0 saturated heterocycles. The van der Waals surface area contributed by atoms with E-state index in [1.54, 1.807) is 30.5 Å². The van der Waals surface area contributed by atoms with E-state index >= 15 is 0 Å². The number of carbonyl (C=O) groups is 1. The lowest BCUT2D eigenvalue weighted by Crippen LogP contribution is -2.00. The molecule has 0 bridgehead atoms. The summed E-state index contributed by atoms with van der Waals surface area (Å²) >= 11 is 19.6. The van der Waals surface area contributed by atoms with E-state index in [4.69, 9.17) is 44.1 Å². The van der Waals surface area contributed by atoms with E-state index in [0.29, 0.717) is 55.5 Å². The zero-order valence-corrected chi connectivity index (χ0v) is 21.4. The average Bonchev–Trinajstić information content (AvgIpc) is 3.81. The standard InChI is InChI=1S/C28H21Cl3N2O3/c29-23-2-1-3-24(30)26(23)27-22(28(36-33-27)15-4-5-15)14-35-18-8-9-19(25(31)10-18)21-11-20(21)16-6-7-17(13-34)32-12-16/h1-3,6-10,12-13,15,20-21H,4-5,11,14H2. The SMILES string of the molecule is O=Cc1ccc(C2CC2c2ccc(OCc3c(-c4c(Cl)cccc4Cl)noc3C3CC3)cc2Cl)cn1. The Morgan fingerprint density at radius 2 is 1.81 bits per heavy atom. The van der Waals surface area contributed by atoms with Crippen LogP contribution in [-0.2, 0) is 6.61 Å². The molecule has 5 nitrogen and oxygen atoms in total. The number of hydrogen-bond donors (Lipinski definition) is 0. The fourth-order valence-electron chi connectivity index (χ4n) is 4.71. The summed E-state index contributed by atoms with van der Waals surface area (Å²) in [5.74, 6) is 2.52. The Hall–Kier alpha value is -2.86. The van der Waals surface area contributed by atoms with Gasteiger partial charge in [0.1, 0.15) is 29.5 Å². The van der Waals surface area contributed by atoms with Crippen LogP contribution < -0.4 is 4.74 Å². The van der Waals surface area contributed by atoms with Crippen molar-refractivity contribution in [1.82, 2.24) is 10.1 Å². The smallest absolute Gasteiger partial charge is 0.168 e. The van der Waals surface area contributed by atoms with E-state index < -0.39 is 0 Å². The summed E-state index contributed by atoms with van der Waals surface area (Å²) in [6.45, 7) is 0.267. The van der Waals surface area contributed by atoms with E-state index in [9.17, 15) is 4.79 Å². The second-order valence-electron chi connectivity index (χ2n) is 9.30. The molecule has 2 atom stereocenters. The maximum Gasteiger partial charge on any atom is 0.168 e. The lowest BCUT2D eigenvalue weighted by atomic mass is 10.0. The average molecular weight is 540 g/mol. The number of pyridine rings is 1. The highest BCUT2D eigenvalue weighted by Gasteiger charge is 2.41. The summed E-state index contributed by atoms with van der Waals surface area (Å²) in [7, 11) is 0. The van der Waals surface area contributed by atoms with Crippen LogP contribution in [0.3, 0.4) is 0 Å². The minimum absolute atomic E-state index is 0.267. The molecule has 2 aliphatic carbocycles. The van der Waals surface area contributed by atoms with Gasteiger partial charge in [-0.25, -0.2) is 0 Å². The number of hydrogen-bond acceptors (Lipinski definition) is 5. The van der Waals surface area contributed by atoms with Crippen molar-refractivity contribution in [2.24, 2.45) is 0 Å². The van der Waals surface area contributed by atoms with Crippen LogP contribution in [0, 0.1) is 0 Å². The lowest BCUT2D eigenvalue weighted by Gasteiger charge is -2.11. The van der Waals surface area contributed by atoms with Crippen LogP contribution in [0.5, 0.6) is 5.75 Å². The maximum atomic E-state index is 10.9. The van der Waals surface area contributed by atoms with Crippen molar-refractivity contribution < 1.29 is 14.1 Å². The molecule has 0 N–H and O–H groups in total. The van der Waals surface area contributed by atoms with Crippen LogP contribution in [0.2, 0.25) is 15.1 Å². The number of rotatable bonds is 8. The first-order chi connectivity index (χ1) is 17.5. The number of nitrogens with zero attached hydrogens (tertiary/aromatic N) is 2. The van der Waals surface area contributed by atoms with E-state index in [-0.39, 0.29) is 6.61 Å². The van der Waals surface area contributed by atoms with Crippen LogP contribution in [-0.4, -0.2) is 16.4 Å². The Balaban J connectivity index is 1.20. The molecule has 0 amide bonds. The third-order valence-electron chi connectivity index (χ3n) is 6.87. The van der Waals surface area contributed by atoms with Gasteiger partial charge >= 0.3 is 0 Å².